The first-order valence-corrected chi connectivity index (χ1v) is 17.9. The fraction of sp³-hybridized carbons (Fsp3) is 0.944. The molecule has 0 spiro atoms. The van der Waals surface area contributed by atoms with Crippen molar-refractivity contribution >= 4 is 67.0 Å². The van der Waals surface area contributed by atoms with Gasteiger partial charge in [-0.15, -0.1) is 0 Å². The van der Waals surface area contributed by atoms with Crippen LogP contribution in [-0.2, 0) is 14.3 Å². The van der Waals surface area contributed by atoms with E-state index in [0.29, 0.717) is 12.8 Å². The molecule has 0 aliphatic carbocycles. The van der Waals surface area contributed by atoms with Gasteiger partial charge in [0.1, 0.15) is 0 Å². The van der Waals surface area contributed by atoms with Crippen LogP contribution < -0.4 is 0 Å². The van der Waals surface area contributed by atoms with Gasteiger partial charge in [0.25, 0.3) is 0 Å². The summed E-state index contributed by atoms with van der Waals surface area (Å²) in [4.78, 5) is 23.8. The van der Waals surface area contributed by atoms with Crippen LogP contribution in [0.15, 0.2) is 0 Å². The van der Waals surface area contributed by atoms with Crippen molar-refractivity contribution in [2.75, 3.05) is 0 Å². The van der Waals surface area contributed by atoms with Gasteiger partial charge in [-0.2, -0.15) is 0 Å². The molecular weight excluding hydrogens is 547 g/mol. The number of unbranched alkanes of at least 4 members (excludes halogenated alkanes) is 28. The Morgan fingerprint density at radius 2 is 0.512 bits per heavy atom. The van der Waals surface area contributed by atoms with Crippen LogP contribution in [0, 0.1) is 0 Å². The normalized spacial score (nSPS) is 10.7. The van der Waals surface area contributed by atoms with Crippen molar-refractivity contribution in [3.63, 3.8) is 0 Å². The fourth-order valence-electron chi connectivity index (χ4n) is 5.51. The molecule has 0 atom stereocenters. The Hall–Kier alpha value is 0.932. The molecule has 0 aromatic heterocycles. The van der Waals surface area contributed by atoms with Gasteiger partial charge in [-0.25, -0.2) is 0 Å². The van der Waals surface area contributed by atoms with Crippen LogP contribution in [-0.4, -0.2) is 67.0 Å². The van der Waals surface area contributed by atoms with Crippen LogP contribution in [0.4, 0.5) is 0 Å². The Labute approximate surface area is 298 Å². The van der Waals surface area contributed by atoms with Crippen molar-refractivity contribution in [2.24, 2.45) is 0 Å². The summed E-state index contributed by atoms with van der Waals surface area (Å²) in [6.07, 6.45) is 40.1. The van der Waals surface area contributed by atoms with Gasteiger partial charge in [-0.3, -0.25) is 9.59 Å². The molecule has 0 saturated carbocycles. The molecule has 0 saturated heterocycles. The van der Waals surface area contributed by atoms with E-state index in [4.69, 9.17) is 4.74 Å². The Balaban J connectivity index is -0.00000722. The van der Waals surface area contributed by atoms with Crippen LogP contribution in [0.1, 0.15) is 219 Å². The van der Waals surface area contributed by atoms with E-state index in [-0.39, 0.29) is 67.0 Å². The van der Waals surface area contributed by atoms with Crippen LogP contribution in [0.3, 0.4) is 0 Å². The second-order valence-corrected chi connectivity index (χ2v) is 12.2. The molecule has 0 heterocycles. The van der Waals surface area contributed by atoms with Gasteiger partial charge in [-0.1, -0.05) is 194 Å². The third kappa shape index (κ3) is 40.9. The van der Waals surface area contributed by atoms with Gasteiger partial charge in [0, 0.05) is 12.8 Å². The van der Waals surface area contributed by atoms with Gasteiger partial charge >= 0.3 is 49.7 Å². The molecule has 5 heteroatoms. The molecule has 0 fully saturated rings. The Bertz CT molecular complexity index is 471. The third-order valence-electron chi connectivity index (χ3n) is 8.20. The summed E-state index contributed by atoms with van der Waals surface area (Å²) < 4.78 is 5.01. The fourth-order valence-corrected chi connectivity index (χ4v) is 5.51. The first kappa shape index (κ1) is 46.4. The Kier molecular flexibility index (Phi) is 46.3. The molecule has 0 radical (unpaired) electrons. The van der Waals surface area contributed by atoms with Crippen molar-refractivity contribution in [3.05, 3.63) is 0 Å². The van der Waals surface area contributed by atoms with Crippen molar-refractivity contribution < 1.29 is 14.3 Å². The average molecular weight is 623 g/mol. The molecule has 0 unspecified atom stereocenters. The predicted octanol–water partition coefficient (Wildman–Crippen LogP) is 10.5. The van der Waals surface area contributed by atoms with Crippen molar-refractivity contribution in [1.82, 2.24) is 0 Å². The molecule has 0 aromatic rings. The van der Waals surface area contributed by atoms with Gasteiger partial charge in [0.2, 0.25) is 0 Å². The Morgan fingerprint density at radius 1 is 0.341 bits per heavy atom. The molecule has 0 aliphatic rings. The number of ether oxygens (including phenoxy) is 1. The predicted molar refractivity (Wildman–Crippen MR) is 189 cm³/mol. The zero-order valence-electron chi connectivity index (χ0n) is 26.9. The molecular formula is C36H75AlCaO3. The topological polar surface area (TPSA) is 43.4 Å². The van der Waals surface area contributed by atoms with Crippen LogP contribution in [0.5, 0.6) is 0 Å². The molecule has 0 aromatic carbocycles. The number of carbonyl (C=O) groups excluding carboxylic acids is 2. The Morgan fingerprint density at radius 3 is 0.707 bits per heavy atom. The standard InChI is InChI=1S/C36H70O3.Al.Ca.5H/c1-3-5-7-9-11-13-15-17-19-21-23-25-27-29-31-33-35(37)39-36(38)34-32-30-28-26-24-22-20-18-16-14-12-10-8-6-4-2;;;;;;;/h3-34H2,1-2H3;;;;;;;. The van der Waals surface area contributed by atoms with E-state index >= 15 is 0 Å². The molecule has 41 heavy (non-hydrogen) atoms. The second-order valence-electron chi connectivity index (χ2n) is 12.2. The van der Waals surface area contributed by atoms with E-state index in [1.54, 1.807) is 0 Å². The number of rotatable bonds is 32. The summed E-state index contributed by atoms with van der Waals surface area (Å²) in [6, 6.07) is 0. The summed E-state index contributed by atoms with van der Waals surface area (Å²) in [5.74, 6) is -0.647. The third-order valence-corrected chi connectivity index (χ3v) is 8.20. The zero-order valence-corrected chi connectivity index (χ0v) is 26.9. The quantitative estimate of drug-likeness (QED) is 0.0324. The minimum absolute atomic E-state index is 0. The summed E-state index contributed by atoms with van der Waals surface area (Å²) in [6.45, 7) is 4.55. The minimum atomic E-state index is -0.323. The van der Waals surface area contributed by atoms with E-state index in [2.05, 4.69) is 13.8 Å². The summed E-state index contributed by atoms with van der Waals surface area (Å²) in [7, 11) is 0. The molecule has 0 bridgehead atoms. The van der Waals surface area contributed by atoms with E-state index in [0.717, 1.165) is 25.7 Å². The van der Waals surface area contributed by atoms with E-state index in [1.807, 2.05) is 0 Å². The van der Waals surface area contributed by atoms with Crippen molar-refractivity contribution in [3.8, 4) is 0 Å². The monoisotopic (exact) mass is 623 g/mol. The maximum absolute atomic E-state index is 11.9. The molecule has 3 nitrogen and oxygen atoms in total. The molecule has 0 aliphatic heterocycles. The number of hydrogen-bond acceptors (Lipinski definition) is 3. The molecule has 242 valence electrons. The maximum atomic E-state index is 11.9. The summed E-state index contributed by atoms with van der Waals surface area (Å²) in [5, 5.41) is 0. The van der Waals surface area contributed by atoms with Crippen LogP contribution in [0.2, 0.25) is 0 Å². The molecule has 0 rings (SSSR count). The van der Waals surface area contributed by atoms with Crippen LogP contribution in [0.25, 0.3) is 0 Å². The van der Waals surface area contributed by atoms with Gasteiger partial charge in [0.15, 0.2) is 17.4 Å². The number of carbonyl (C=O) groups is 2. The first-order valence-electron chi connectivity index (χ1n) is 17.9. The second kappa shape index (κ2) is 40.9. The van der Waals surface area contributed by atoms with Gasteiger partial charge in [0.05, 0.1) is 0 Å². The SMILES string of the molecule is CCCCCCCCCCCCCCCCCC(=O)OC(=O)CCCCCCCCCCCCCCCCC.[AlH3].[CaH2]. The van der Waals surface area contributed by atoms with Gasteiger partial charge in [-0.05, 0) is 12.8 Å². The molecule has 0 N–H and O–H groups in total. The van der Waals surface area contributed by atoms with Crippen molar-refractivity contribution in [2.45, 2.75) is 219 Å². The number of hydrogen-bond donors (Lipinski definition) is 0. The molecule has 0 amide bonds. The summed E-state index contributed by atoms with van der Waals surface area (Å²) >= 11 is 0. The summed E-state index contributed by atoms with van der Waals surface area (Å²) in [5.41, 5.74) is 0. The van der Waals surface area contributed by atoms with E-state index in [1.165, 1.54) is 167 Å². The zero-order chi connectivity index (χ0) is 28.5. The van der Waals surface area contributed by atoms with E-state index in [9.17, 15) is 9.59 Å². The average Bonchev–Trinajstić information content (AvgIpc) is 2.93. The van der Waals surface area contributed by atoms with Crippen LogP contribution >= 0.6 is 0 Å². The van der Waals surface area contributed by atoms with E-state index < -0.39 is 0 Å². The first-order chi connectivity index (χ1) is 19.2. The van der Waals surface area contributed by atoms with Crippen molar-refractivity contribution in [1.29, 1.82) is 0 Å². The number of esters is 2. The van der Waals surface area contributed by atoms with Gasteiger partial charge < -0.3 is 4.74 Å².